The molecule has 1 saturated carbocycles. The van der Waals surface area contributed by atoms with Gasteiger partial charge in [0.25, 0.3) is 0 Å². The monoisotopic (exact) mass is 226 g/mol. The highest BCUT2D eigenvalue weighted by molar-refractivity contribution is 5.05. The van der Waals surface area contributed by atoms with Gasteiger partial charge in [0, 0.05) is 6.61 Å². The molecule has 1 unspecified atom stereocenters. The van der Waals surface area contributed by atoms with Crippen LogP contribution in [0.2, 0.25) is 0 Å². The van der Waals surface area contributed by atoms with E-state index in [0.29, 0.717) is 0 Å². The Morgan fingerprint density at radius 1 is 1.44 bits per heavy atom. The second kappa shape index (κ2) is 6.38. The van der Waals surface area contributed by atoms with Gasteiger partial charge in [-0.15, -0.1) is 0 Å². The van der Waals surface area contributed by atoms with Gasteiger partial charge in [-0.05, 0) is 32.6 Å². The van der Waals surface area contributed by atoms with Crippen LogP contribution in [0.5, 0.6) is 0 Å². The molecule has 0 amide bonds. The molecule has 0 saturated heterocycles. The van der Waals surface area contributed by atoms with Crippen LogP contribution in [0, 0.1) is 0 Å². The number of nitrogens with one attached hydrogen (secondary N) is 1. The van der Waals surface area contributed by atoms with Crippen molar-refractivity contribution in [2.75, 3.05) is 6.61 Å². The predicted molar refractivity (Wildman–Crippen MR) is 68.0 cm³/mol. The first kappa shape index (κ1) is 13.7. The fourth-order valence-corrected chi connectivity index (χ4v) is 2.68. The Morgan fingerprint density at radius 2 is 2.06 bits per heavy atom. The van der Waals surface area contributed by atoms with E-state index in [2.05, 4.69) is 25.9 Å². The summed E-state index contributed by atoms with van der Waals surface area (Å²) in [5, 5.41) is 0. The van der Waals surface area contributed by atoms with Gasteiger partial charge >= 0.3 is 0 Å². The quantitative estimate of drug-likeness (QED) is 0.398. The van der Waals surface area contributed by atoms with Crippen LogP contribution >= 0.6 is 0 Å². The lowest BCUT2D eigenvalue weighted by atomic mass is 9.87. The van der Waals surface area contributed by atoms with Gasteiger partial charge in [-0.1, -0.05) is 31.9 Å². The maximum atomic E-state index is 6.01. The molecule has 1 aliphatic rings. The molecule has 3 nitrogen and oxygen atoms in total. The minimum absolute atomic E-state index is 0.0540. The van der Waals surface area contributed by atoms with Gasteiger partial charge in [-0.3, -0.25) is 11.3 Å². The molecular weight excluding hydrogens is 200 g/mol. The Kier molecular flexibility index (Phi) is 5.46. The normalized spacial score (nSPS) is 20.9. The fourth-order valence-electron chi connectivity index (χ4n) is 2.68. The minimum atomic E-state index is -0.0540. The van der Waals surface area contributed by atoms with Crippen LogP contribution in [-0.4, -0.2) is 18.2 Å². The molecule has 0 aromatic heterocycles. The standard InChI is InChI=1S/C13H26N2O/c1-4-11(3)10-12(15-14)13(16-5-2)8-6-7-9-13/h12,15H,3-10,14H2,1-2H3. The Morgan fingerprint density at radius 3 is 2.50 bits per heavy atom. The summed E-state index contributed by atoms with van der Waals surface area (Å²) in [5.74, 6) is 5.70. The summed E-state index contributed by atoms with van der Waals surface area (Å²) in [7, 11) is 0. The number of nitrogens with two attached hydrogens (primary N) is 1. The van der Waals surface area contributed by atoms with Gasteiger partial charge in [-0.25, -0.2) is 0 Å². The summed E-state index contributed by atoms with van der Waals surface area (Å²) in [6, 6.07) is 0.211. The maximum absolute atomic E-state index is 6.01. The minimum Gasteiger partial charge on any atom is -0.374 e. The van der Waals surface area contributed by atoms with Gasteiger partial charge in [0.15, 0.2) is 0 Å². The van der Waals surface area contributed by atoms with E-state index in [9.17, 15) is 0 Å². The van der Waals surface area contributed by atoms with Crippen molar-refractivity contribution < 1.29 is 4.74 Å². The van der Waals surface area contributed by atoms with Crippen molar-refractivity contribution in [1.82, 2.24) is 5.43 Å². The summed E-state index contributed by atoms with van der Waals surface area (Å²) in [4.78, 5) is 0. The number of ether oxygens (including phenoxy) is 1. The first-order valence-electron chi connectivity index (χ1n) is 6.45. The highest BCUT2D eigenvalue weighted by Gasteiger charge is 2.41. The lowest BCUT2D eigenvalue weighted by molar-refractivity contribution is -0.0614. The zero-order valence-electron chi connectivity index (χ0n) is 10.7. The highest BCUT2D eigenvalue weighted by atomic mass is 16.5. The second-order valence-corrected chi connectivity index (χ2v) is 4.73. The van der Waals surface area contributed by atoms with Crippen LogP contribution in [0.15, 0.2) is 12.2 Å². The van der Waals surface area contributed by atoms with Crippen LogP contribution in [0.25, 0.3) is 0 Å². The lowest BCUT2D eigenvalue weighted by Gasteiger charge is -2.37. The molecule has 0 aromatic carbocycles. The van der Waals surface area contributed by atoms with Crippen molar-refractivity contribution in [3.05, 3.63) is 12.2 Å². The summed E-state index contributed by atoms with van der Waals surface area (Å²) in [6.07, 6.45) is 6.67. The van der Waals surface area contributed by atoms with Crippen LogP contribution < -0.4 is 11.3 Å². The average molecular weight is 226 g/mol. The molecule has 3 heteroatoms. The molecule has 1 aliphatic carbocycles. The second-order valence-electron chi connectivity index (χ2n) is 4.73. The average Bonchev–Trinajstić information content (AvgIpc) is 2.75. The zero-order chi connectivity index (χ0) is 12.0. The molecule has 0 radical (unpaired) electrons. The topological polar surface area (TPSA) is 47.3 Å². The van der Waals surface area contributed by atoms with E-state index < -0.39 is 0 Å². The Bertz CT molecular complexity index is 222. The third kappa shape index (κ3) is 3.06. The smallest absolute Gasteiger partial charge is 0.0851 e. The third-order valence-corrected chi connectivity index (χ3v) is 3.71. The molecule has 0 bridgehead atoms. The highest BCUT2D eigenvalue weighted by Crippen LogP contribution is 2.38. The molecule has 1 rings (SSSR count). The predicted octanol–water partition coefficient (Wildman–Crippen LogP) is 2.52. The SMILES string of the molecule is C=C(CC)CC(NN)C1(OCC)CCCC1. The Hall–Kier alpha value is -0.380. The number of hydrogen-bond acceptors (Lipinski definition) is 3. The van der Waals surface area contributed by atoms with E-state index in [0.717, 1.165) is 32.3 Å². The van der Waals surface area contributed by atoms with E-state index in [1.807, 2.05) is 0 Å². The lowest BCUT2D eigenvalue weighted by Crippen LogP contribution is -2.53. The van der Waals surface area contributed by atoms with Crippen molar-refractivity contribution in [3.63, 3.8) is 0 Å². The number of hydrazine groups is 1. The van der Waals surface area contributed by atoms with Gasteiger partial charge < -0.3 is 4.74 Å². The fraction of sp³-hybridized carbons (Fsp3) is 0.846. The van der Waals surface area contributed by atoms with Gasteiger partial charge in [0.1, 0.15) is 0 Å². The molecule has 0 spiro atoms. The van der Waals surface area contributed by atoms with Crippen LogP contribution in [0.3, 0.4) is 0 Å². The molecule has 0 aliphatic heterocycles. The van der Waals surface area contributed by atoms with Crippen LogP contribution in [0.1, 0.15) is 52.4 Å². The van der Waals surface area contributed by atoms with E-state index in [4.69, 9.17) is 10.6 Å². The molecule has 1 atom stereocenters. The number of rotatable bonds is 7. The third-order valence-electron chi connectivity index (χ3n) is 3.71. The van der Waals surface area contributed by atoms with Crippen molar-refractivity contribution in [2.24, 2.45) is 5.84 Å². The Balaban J connectivity index is 2.69. The summed E-state index contributed by atoms with van der Waals surface area (Å²) in [6.45, 7) is 9.03. The molecular formula is C13H26N2O. The molecule has 0 aromatic rings. The van der Waals surface area contributed by atoms with E-state index in [1.54, 1.807) is 0 Å². The molecule has 16 heavy (non-hydrogen) atoms. The van der Waals surface area contributed by atoms with Crippen molar-refractivity contribution in [1.29, 1.82) is 0 Å². The van der Waals surface area contributed by atoms with Gasteiger partial charge in [0.2, 0.25) is 0 Å². The van der Waals surface area contributed by atoms with Crippen LogP contribution in [0.4, 0.5) is 0 Å². The first-order valence-corrected chi connectivity index (χ1v) is 6.45. The van der Waals surface area contributed by atoms with Crippen molar-refractivity contribution in [3.8, 4) is 0 Å². The first-order chi connectivity index (χ1) is 7.68. The van der Waals surface area contributed by atoms with Crippen molar-refractivity contribution in [2.45, 2.75) is 64.0 Å². The van der Waals surface area contributed by atoms with E-state index >= 15 is 0 Å². The Labute approximate surface area is 99.4 Å². The van der Waals surface area contributed by atoms with Gasteiger partial charge in [-0.2, -0.15) is 0 Å². The van der Waals surface area contributed by atoms with E-state index in [1.165, 1.54) is 18.4 Å². The summed E-state index contributed by atoms with van der Waals surface area (Å²) in [5.41, 5.74) is 4.14. The summed E-state index contributed by atoms with van der Waals surface area (Å²) < 4.78 is 6.01. The van der Waals surface area contributed by atoms with Gasteiger partial charge in [0.05, 0.1) is 11.6 Å². The van der Waals surface area contributed by atoms with E-state index in [-0.39, 0.29) is 11.6 Å². The maximum Gasteiger partial charge on any atom is 0.0851 e. The van der Waals surface area contributed by atoms with Crippen molar-refractivity contribution >= 4 is 0 Å². The molecule has 3 N–H and O–H groups in total. The molecule has 0 heterocycles. The molecule has 94 valence electrons. The number of hydrogen-bond donors (Lipinski definition) is 2. The van der Waals surface area contributed by atoms with Crippen LogP contribution in [-0.2, 0) is 4.74 Å². The molecule has 1 fully saturated rings. The zero-order valence-corrected chi connectivity index (χ0v) is 10.7. The largest absolute Gasteiger partial charge is 0.374 e. The summed E-state index contributed by atoms with van der Waals surface area (Å²) >= 11 is 0.